The van der Waals surface area contributed by atoms with Crippen LogP contribution in [0.15, 0.2) is 18.2 Å². The summed E-state index contributed by atoms with van der Waals surface area (Å²) in [6.07, 6.45) is 7.94. The van der Waals surface area contributed by atoms with E-state index in [9.17, 15) is 4.79 Å². The van der Waals surface area contributed by atoms with Crippen molar-refractivity contribution in [1.82, 2.24) is 4.90 Å². The number of amides is 2. The molecule has 1 saturated heterocycles. The topological polar surface area (TPSA) is 50.8 Å². The molecule has 5 heteroatoms. The van der Waals surface area contributed by atoms with Crippen LogP contribution in [0.25, 0.3) is 0 Å². The SMILES string of the molecule is O=C(Nc1ccc2c(c1)CCO2)N(CC1CCCO1)C1CCCC1. The Kier molecular flexibility index (Phi) is 4.60. The number of carbonyl (C=O) groups excluding carboxylic acids is 1. The fourth-order valence-electron chi connectivity index (χ4n) is 4.08. The van der Waals surface area contributed by atoms with Crippen LogP contribution >= 0.6 is 0 Å². The van der Waals surface area contributed by atoms with Crippen molar-refractivity contribution in [3.05, 3.63) is 23.8 Å². The van der Waals surface area contributed by atoms with Crippen LogP contribution in [0.2, 0.25) is 0 Å². The molecule has 1 saturated carbocycles. The number of carbonyl (C=O) groups is 1. The highest BCUT2D eigenvalue weighted by atomic mass is 16.5. The van der Waals surface area contributed by atoms with Crippen LogP contribution < -0.4 is 10.1 Å². The second-order valence-corrected chi connectivity index (χ2v) is 7.08. The first-order chi connectivity index (χ1) is 11.8. The van der Waals surface area contributed by atoms with Gasteiger partial charge in [-0.2, -0.15) is 0 Å². The minimum Gasteiger partial charge on any atom is -0.493 e. The molecular weight excluding hydrogens is 304 g/mol. The molecule has 2 fully saturated rings. The van der Waals surface area contributed by atoms with Gasteiger partial charge in [0.15, 0.2) is 0 Å². The number of ether oxygens (including phenoxy) is 2. The maximum absolute atomic E-state index is 12.9. The van der Waals surface area contributed by atoms with Crippen LogP contribution in [-0.4, -0.2) is 42.8 Å². The van der Waals surface area contributed by atoms with Gasteiger partial charge in [0, 0.05) is 31.3 Å². The van der Waals surface area contributed by atoms with Crippen molar-refractivity contribution in [2.75, 3.05) is 25.1 Å². The predicted molar refractivity (Wildman–Crippen MR) is 92.6 cm³/mol. The van der Waals surface area contributed by atoms with Crippen molar-refractivity contribution in [3.63, 3.8) is 0 Å². The largest absolute Gasteiger partial charge is 0.493 e. The van der Waals surface area contributed by atoms with Gasteiger partial charge in [0.05, 0.1) is 12.7 Å². The average molecular weight is 330 g/mol. The van der Waals surface area contributed by atoms with E-state index in [-0.39, 0.29) is 12.1 Å². The second-order valence-electron chi connectivity index (χ2n) is 7.08. The van der Waals surface area contributed by atoms with E-state index < -0.39 is 0 Å². The summed E-state index contributed by atoms with van der Waals surface area (Å²) in [5.41, 5.74) is 2.04. The quantitative estimate of drug-likeness (QED) is 0.918. The number of nitrogens with zero attached hydrogens (tertiary/aromatic N) is 1. The molecule has 24 heavy (non-hydrogen) atoms. The summed E-state index contributed by atoms with van der Waals surface area (Å²) >= 11 is 0. The summed E-state index contributed by atoms with van der Waals surface area (Å²) in [4.78, 5) is 14.9. The van der Waals surface area contributed by atoms with E-state index in [2.05, 4.69) is 5.32 Å². The Morgan fingerprint density at radius 2 is 2.04 bits per heavy atom. The minimum atomic E-state index is 0.0104. The Morgan fingerprint density at radius 3 is 2.83 bits per heavy atom. The molecule has 2 heterocycles. The molecule has 1 N–H and O–H groups in total. The third-order valence-electron chi connectivity index (χ3n) is 5.39. The number of rotatable bonds is 4. The van der Waals surface area contributed by atoms with Gasteiger partial charge in [-0.25, -0.2) is 4.79 Å². The summed E-state index contributed by atoms with van der Waals surface area (Å²) in [5.74, 6) is 0.944. The fraction of sp³-hybridized carbons (Fsp3) is 0.632. The van der Waals surface area contributed by atoms with E-state index in [0.717, 1.165) is 56.8 Å². The summed E-state index contributed by atoms with van der Waals surface area (Å²) in [5, 5.41) is 3.10. The molecule has 2 amide bonds. The van der Waals surface area contributed by atoms with Gasteiger partial charge in [0.2, 0.25) is 0 Å². The Labute approximate surface area is 143 Å². The maximum Gasteiger partial charge on any atom is 0.322 e. The predicted octanol–water partition coefficient (Wildman–Crippen LogP) is 3.58. The fourth-order valence-corrected chi connectivity index (χ4v) is 4.08. The van der Waals surface area contributed by atoms with E-state index in [1.54, 1.807) is 0 Å². The monoisotopic (exact) mass is 330 g/mol. The van der Waals surface area contributed by atoms with Crippen LogP contribution in [0.1, 0.15) is 44.1 Å². The Morgan fingerprint density at radius 1 is 1.17 bits per heavy atom. The number of urea groups is 1. The molecule has 0 bridgehead atoms. The summed E-state index contributed by atoms with van der Waals surface area (Å²) in [6.45, 7) is 2.28. The number of anilines is 1. The first-order valence-corrected chi connectivity index (χ1v) is 9.24. The van der Waals surface area contributed by atoms with Gasteiger partial charge in [-0.05, 0) is 49.4 Å². The van der Waals surface area contributed by atoms with Gasteiger partial charge in [0.1, 0.15) is 5.75 Å². The van der Waals surface area contributed by atoms with Crippen LogP contribution in [0, 0.1) is 0 Å². The van der Waals surface area contributed by atoms with E-state index >= 15 is 0 Å². The van der Waals surface area contributed by atoms with Gasteiger partial charge < -0.3 is 19.7 Å². The summed E-state index contributed by atoms with van der Waals surface area (Å²) in [6, 6.07) is 6.29. The average Bonchev–Trinajstić information content (AvgIpc) is 3.33. The van der Waals surface area contributed by atoms with E-state index in [4.69, 9.17) is 9.47 Å². The number of hydrogen-bond donors (Lipinski definition) is 1. The van der Waals surface area contributed by atoms with Gasteiger partial charge in [0.25, 0.3) is 0 Å². The van der Waals surface area contributed by atoms with Gasteiger partial charge >= 0.3 is 6.03 Å². The molecule has 1 aromatic rings. The van der Waals surface area contributed by atoms with Gasteiger partial charge in [-0.15, -0.1) is 0 Å². The lowest BCUT2D eigenvalue weighted by molar-refractivity contribution is 0.0729. The molecule has 1 unspecified atom stereocenters. The third kappa shape index (κ3) is 3.36. The van der Waals surface area contributed by atoms with Crippen LogP contribution in [0.5, 0.6) is 5.75 Å². The molecule has 1 atom stereocenters. The zero-order chi connectivity index (χ0) is 16.4. The zero-order valence-electron chi connectivity index (χ0n) is 14.1. The van der Waals surface area contributed by atoms with Crippen molar-refractivity contribution in [2.45, 2.75) is 57.1 Å². The molecule has 2 aliphatic heterocycles. The van der Waals surface area contributed by atoms with Crippen molar-refractivity contribution in [1.29, 1.82) is 0 Å². The number of benzene rings is 1. The molecule has 0 radical (unpaired) electrons. The first kappa shape index (κ1) is 15.8. The number of fused-ring (bicyclic) bond motifs is 1. The molecule has 4 rings (SSSR count). The summed E-state index contributed by atoms with van der Waals surface area (Å²) < 4.78 is 11.3. The minimum absolute atomic E-state index is 0.0104. The van der Waals surface area contributed by atoms with Crippen LogP contribution in [0.3, 0.4) is 0 Å². The lowest BCUT2D eigenvalue weighted by Crippen LogP contribution is -2.45. The molecular formula is C19H26N2O3. The van der Waals surface area contributed by atoms with Gasteiger partial charge in [-0.3, -0.25) is 0 Å². The second kappa shape index (κ2) is 7.01. The molecule has 1 aliphatic carbocycles. The Hall–Kier alpha value is -1.75. The molecule has 130 valence electrons. The molecule has 3 aliphatic rings. The molecule has 5 nitrogen and oxygen atoms in total. The van der Waals surface area contributed by atoms with E-state index in [1.165, 1.54) is 18.4 Å². The zero-order valence-corrected chi connectivity index (χ0v) is 14.1. The molecule has 1 aromatic carbocycles. The standard InChI is InChI=1S/C19H26N2O3/c22-19(20-15-7-8-18-14(12-15)9-11-24-18)21(16-4-1-2-5-16)13-17-6-3-10-23-17/h7-8,12,16-17H,1-6,9-11,13H2,(H,20,22). The highest BCUT2D eigenvalue weighted by Crippen LogP contribution is 2.29. The Bertz CT molecular complexity index is 592. The van der Waals surface area contributed by atoms with Crippen LogP contribution in [0.4, 0.5) is 10.5 Å². The van der Waals surface area contributed by atoms with E-state index in [0.29, 0.717) is 12.6 Å². The first-order valence-electron chi connectivity index (χ1n) is 9.24. The van der Waals surface area contributed by atoms with Crippen molar-refractivity contribution in [2.24, 2.45) is 0 Å². The van der Waals surface area contributed by atoms with E-state index in [1.807, 2.05) is 23.1 Å². The van der Waals surface area contributed by atoms with Crippen LogP contribution in [-0.2, 0) is 11.2 Å². The third-order valence-corrected chi connectivity index (χ3v) is 5.39. The number of nitrogens with one attached hydrogen (secondary N) is 1. The van der Waals surface area contributed by atoms with Crippen molar-refractivity contribution in [3.8, 4) is 5.75 Å². The molecule has 0 aromatic heterocycles. The van der Waals surface area contributed by atoms with Gasteiger partial charge in [-0.1, -0.05) is 12.8 Å². The highest BCUT2D eigenvalue weighted by molar-refractivity contribution is 5.89. The lowest BCUT2D eigenvalue weighted by atomic mass is 10.1. The molecule has 0 spiro atoms. The normalized spacial score (nSPS) is 23.1. The highest BCUT2D eigenvalue weighted by Gasteiger charge is 2.30. The lowest BCUT2D eigenvalue weighted by Gasteiger charge is -2.31. The smallest absolute Gasteiger partial charge is 0.322 e. The van der Waals surface area contributed by atoms with Crippen molar-refractivity contribution >= 4 is 11.7 Å². The number of hydrogen-bond acceptors (Lipinski definition) is 3. The van der Waals surface area contributed by atoms with Crippen molar-refractivity contribution < 1.29 is 14.3 Å². The Balaban J connectivity index is 1.45. The maximum atomic E-state index is 12.9. The summed E-state index contributed by atoms with van der Waals surface area (Å²) in [7, 11) is 0.